The second-order valence-electron chi connectivity index (χ2n) is 6.03. The number of anilines is 1. The molecule has 1 heterocycles. The molecule has 1 aliphatic carbocycles. The number of β-amino-alcohol motifs (C(OH)–C–C–N with tert-alkyl or cyclic N) is 1. The molecule has 20 heavy (non-hydrogen) atoms. The first kappa shape index (κ1) is 14.3. The number of hydrogen-bond donors (Lipinski definition) is 2. The zero-order valence-corrected chi connectivity index (χ0v) is 13.7. The molecule has 0 spiro atoms. The summed E-state index contributed by atoms with van der Waals surface area (Å²) in [5.41, 5.74) is 1.43. The lowest BCUT2D eigenvalue weighted by Gasteiger charge is -2.46. The number of carbonyl (C=O) groups excluding carboxylic acids is 1. The van der Waals surface area contributed by atoms with Gasteiger partial charge in [-0.25, -0.2) is 0 Å². The van der Waals surface area contributed by atoms with Gasteiger partial charge < -0.3 is 10.4 Å². The molecule has 3 rings (SSSR count). The van der Waals surface area contributed by atoms with E-state index in [0.717, 1.165) is 27.7 Å². The van der Waals surface area contributed by atoms with E-state index in [1.54, 1.807) is 0 Å². The van der Waals surface area contributed by atoms with Crippen LogP contribution in [0.3, 0.4) is 0 Å². The molecule has 4 nitrogen and oxygen atoms in total. The van der Waals surface area contributed by atoms with Gasteiger partial charge >= 0.3 is 0 Å². The number of amides is 1. The third-order valence-electron chi connectivity index (χ3n) is 4.16. The highest BCUT2D eigenvalue weighted by Gasteiger charge is 2.51. The second-order valence-corrected chi connectivity index (χ2v) is 7.28. The summed E-state index contributed by atoms with van der Waals surface area (Å²) in [5, 5.41) is 13.2. The van der Waals surface area contributed by atoms with Crippen molar-refractivity contribution in [2.75, 3.05) is 25.0 Å². The number of aryl methyl sites for hydroxylation is 1. The van der Waals surface area contributed by atoms with Gasteiger partial charge in [0.1, 0.15) is 0 Å². The lowest BCUT2D eigenvalue weighted by atomic mass is 9.89. The Balaban J connectivity index is 1.50. The van der Waals surface area contributed by atoms with Gasteiger partial charge in [0.25, 0.3) is 0 Å². The van der Waals surface area contributed by atoms with Crippen LogP contribution in [0.1, 0.15) is 18.4 Å². The number of carbonyl (C=O) groups is 1. The maximum Gasteiger partial charge on any atom is 0.238 e. The molecule has 1 aromatic carbocycles. The van der Waals surface area contributed by atoms with Crippen molar-refractivity contribution in [3.8, 4) is 0 Å². The highest BCUT2D eigenvalue weighted by atomic mass is 127. The molecule has 5 heteroatoms. The summed E-state index contributed by atoms with van der Waals surface area (Å²) >= 11 is 2.26. The first-order chi connectivity index (χ1) is 9.46. The van der Waals surface area contributed by atoms with E-state index in [4.69, 9.17) is 0 Å². The fourth-order valence-electron chi connectivity index (χ4n) is 2.88. The van der Waals surface area contributed by atoms with E-state index in [0.29, 0.717) is 25.6 Å². The van der Waals surface area contributed by atoms with E-state index in [1.165, 1.54) is 0 Å². The minimum absolute atomic E-state index is 0.00726. The number of halogens is 1. The Hall–Kier alpha value is -0.660. The monoisotopic (exact) mass is 386 g/mol. The van der Waals surface area contributed by atoms with Crippen LogP contribution in [0.4, 0.5) is 5.69 Å². The number of nitrogens with one attached hydrogen (secondary N) is 1. The lowest BCUT2D eigenvalue weighted by molar-refractivity contribution is -0.132. The van der Waals surface area contributed by atoms with Gasteiger partial charge in [-0.15, -0.1) is 0 Å². The van der Waals surface area contributed by atoms with Crippen molar-refractivity contribution in [2.45, 2.75) is 25.4 Å². The summed E-state index contributed by atoms with van der Waals surface area (Å²) in [7, 11) is 0. The number of likely N-dealkylation sites (tertiary alicyclic amines) is 1. The minimum atomic E-state index is -0.515. The standard InChI is InChI=1S/C15H19IN2O2/c1-10-6-12(16)4-5-13(10)17-14(19)7-18-8-15(20,9-18)11-2-3-11/h4-6,11,20H,2-3,7-9H2,1H3,(H,17,19). The van der Waals surface area contributed by atoms with Gasteiger partial charge in [0.05, 0.1) is 12.1 Å². The van der Waals surface area contributed by atoms with Crippen molar-refractivity contribution in [1.82, 2.24) is 4.90 Å². The van der Waals surface area contributed by atoms with E-state index in [1.807, 2.05) is 30.0 Å². The SMILES string of the molecule is Cc1cc(I)ccc1NC(=O)CN1CC(O)(C2CC2)C1. The molecule has 1 saturated heterocycles. The minimum Gasteiger partial charge on any atom is -0.387 e. The van der Waals surface area contributed by atoms with Crippen LogP contribution in [0.2, 0.25) is 0 Å². The summed E-state index contributed by atoms with van der Waals surface area (Å²) in [5.74, 6) is 0.465. The number of nitrogens with zero attached hydrogens (tertiary/aromatic N) is 1. The zero-order valence-electron chi connectivity index (χ0n) is 11.5. The molecule has 0 aromatic heterocycles. The van der Waals surface area contributed by atoms with Crippen molar-refractivity contribution >= 4 is 34.2 Å². The lowest BCUT2D eigenvalue weighted by Crippen LogP contribution is -2.64. The van der Waals surface area contributed by atoms with E-state index in [-0.39, 0.29) is 5.91 Å². The fourth-order valence-corrected chi connectivity index (χ4v) is 3.53. The summed E-state index contributed by atoms with van der Waals surface area (Å²) in [6.07, 6.45) is 2.27. The van der Waals surface area contributed by atoms with Crippen LogP contribution in [0.5, 0.6) is 0 Å². The number of benzene rings is 1. The summed E-state index contributed by atoms with van der Waals surface area (Å²) < 4.78 is 1.16. The molecule has 2 N–H and O–H groups in total. The van der Waals surface area contributed by atoms with Crippen LogP contribution >= 0.6 is 22.6 Å². The normalized spacial score (nSPS) is 21.4. The van der Waals surface area contributed by atoms with Crippen LogP contribution in [0.15, 0.2) is 18.2 Å². The zero-order chi connectivity index (χ0) is 14.3. The molecular formula is C15H19IN2O2. The fraction of sp³-hybridized carbons (Fsp3) is 0.533. The van der Waals surface area contributed by atoms with Crippen molar-refractivity contribution in [2.24, 2.45) is 5.92 Å². The molecule has 1 aromatic rings. The Morgan fingerprint density at radius 2 is 2.20 bits per heavy atom. The number of hydrogen-bond acceptors (Lipinski definition) is 3. The molecule has 0 radical (unpaired) electrons. The Morgan fingerprint density at radius 1 is 1.50 bits per heavy atom. The van der Waals surface area contributed by atoms with Gasteiger partial charge in [-0.1, -0.05) is 0 Å². The Bertz CT molecular complexity index is 537. The van der Waals surface area contributed by atoms with Crippen LogP contribution in [0.25, 0.3) is 0 Å². The molecule has 2 fully saturated rings. The highest BCUT2D eigenvalue weighted by Crippen LogP contribution is 2.44. The van der Waals surface area contributed by atoms with Crippen molar-refractivity contribution in [3.05, 3.63) is 27.3 Å². The van der Waals surface area contributed by atoms with Gasteiger partial charge in [0, 0.05) is 22.3 Å². The number of aliphatic hydroxyl groups is 1. The van der Waals surface area contributed by atoms with E-state index in [2.05, 4.69) is 27.9 Å². The molecule has 0 bridgehead atoms. The third-order valence-corrected chi connectivity index (χ3v) is 4.83. The maximum atomic E-state index is 12.0. The Kier molecular flexibility index (Phi) is 3.77. The topological polar surface area (TPSA) is 52.6 Å². The van der Waals surface area contributed by atoms with Gasteiger partial charge in [-0.05, 0) is 72.0 Å². The van der Waals surface area contributed by atoms with Crippen molar-refractivity contribution in [1.29, 1.82) is 0 Å². The van der Waals surface area contributed by atoms with Gasteiger partial charge in [-0.3, -0.25) is 9.69 Å². The largest absolute Gasteiger partial charge is 0.387 e. The molecule has 0 atom stereocenters. The maximum absolute atomic E-state index is 12.0. The van der Waals surface area contributed by atoms with Crippen LogP contribution in [-0.4, -0.2) is 41.1 Å². The summed E-state index contributed by atoms with van der Waals surface area (Å²) in [6, 6.07) is 5.97. The first-order valence-electron chi connectivity index (χ1n) is 6.97. The molecule has 1 aliphatic heterocycles. The molecule has 108 valence electrons. The molecule has 1 saturated carbocycles. The Morgan fingerprint density at radius 3 is 2.80 bits per heavy atom. The molecule has 1 amide bonds. The summed E-state index contributed by atoms with van der Waals surface area (Å²) in [4.78, 5) is 14.0. The first-order valence-corrected chi connectivity index (χ1v) is 8.05. The predicted molar refractivity (Wildman–Crippen MR) is 86.6 cm³/mol. The van der Waals surface area contributed by atoms with Crippen molar-refractivity contribution in [3.63, 3.8) is 0 Å². The molecular weight excluding hydrogens is 367 g/mol. The van der Waals surface area contributed by atoms with E-state index < -0.39 is 5.60 Å². The van der Waals surface area contributed by atoms with Crippen LogP contribution in [-0.2, 0) is 4.79 Å². The van der Waals surface area contributed by atoms with Crippen LogP contribution < -0.4 is 5.32 Å². The smallest absolute Gasteiger partial charge is 0.238 e. The van der Waals surface area contributed by atoms with Gasteiger partial charge in [-0.2, -0.15) is 0 Å². The summed E-state index contributed by atoms with van der Waals surface area (Å²) in [6.45, 7) is 3.63. The van der Waals surface area contributed by atoms with Crippen LogP contribution in [0, 0.1) is 16.4 Å². The van der Waals surface area contributed by atoms with Crippen molar-refractivity contribution < 1.29 is 9.90 Å². The average molecular weight is 386 g/mol. The number of rotatable bonds is 4. The molecule has 0 unspecified atom stereocenters. The average Bonchev–Trinajstić information content (AvgIpc) is 3.15. The predicted octanol–water partition coefficient (Wildman–Crippen LogP) is 1.99. The highest BCUT2D eigenvalue weighted by molar-refractivity contribution is 14.1. The molecule has 2 aliphatic rings. The van der Waals surface area contributed by atoms with Gasteiger partial charge in [0.2, 0.25) is 5.91 Å². The second kappa shape index (κ2) is 5.27. The quantitative estimate of drug-likeness (QED) is 0.779. The Labute approximate surface area is 132 Å². The van der Waals surface area contributed by atoms with E-state index >= 15 is 0 Å². The third kappa shape index (κ3) is 2.99. The van der Waals surface area contributed by atoms with Gasteiger partial charge in [0.15, 0.2) is 0 Å². The van der Waals surface area contributed by atoms with E-state index in [9.17, 15) is 9.90 Å².